The van der Waals surface area contributed by atoms with Gasteiger partial charge in [-0.05, 0) is 37.5 Å². The number of hydrogen-bond donors (Lipinski definition) is 3. The Balaban J connectivity index is 5.26. The second kappa shape index (κ2) is 59.4. The van der Waals surface area contributed by atoms with Crippen LogP contribution in [0.5, 0.6) is 0 Å². The molecule has 0 saturated heterocycles. The van der Waals surface area contributed by atoms with Crippen molar-refractivity contribution >= 4 is 39.5 Å². The van der Waals surface area contributed by atoms with Gasteiger partial charge in [-0.15, -0.1) is 0 Å². The molecule has 0 rings (SSSR count). The summed E-state index contributed by atoms with van der Waals surface area (Å²) >= 11 is 0. The van der Waals surface area contributed by atoms with Crippen molar-refractivity contribution in [2.24, 2.45) is 11.8 Å². The summed E-state index contributed by atoms with van der Waals surface area (Å²) in [6.45, 7) is 9.48. The molecule has 0 aliphatic rings. The maximum atomic E-state index is 13.0. The number of phosphoric acid groups is 2. The van der Waals surface area contributed by atoms with E-state index in [0.717, 1.165) is 108 Å². The van der Waals surface area contributed by atoms with Crippen molar-refractivity contribution in [3.05, 3.63) is 0 Å². The number of ether oxygens (including phenoxy) is 4. The van der Waals surface area contributed by atoms with Crippen LogP contribution in [0.15, 0.2) is 0 Å². The molecule has 4 unspecified atom stereocenters. The minimum atomic E-state index is -4.95. The molecule has 0 aromatic rings. The van der Waals surface area contributed by atoms with Crippen LogP contribution >= 0.6 is 15.6 Å². The summed E-state index contributed by atoms with van der Waals surface area (Å²) in [5.41, 5.74) is 0. The largest absolute Gasteiger partial charge is 0.472 e. The standard InChI is InChI=1S/C67H130O17P2/c1-7-11-13-15-17-19-21-22-24-26-32-40-46-52-67(72)83-62(55-77-64(69)49-43-37-30-28-27-29-35-41-47-59(5)9-3)57-81-85(73,74)79-53-61(68)54-80-86(75,76)82-58-63(56-78-65(70)50-44-38-34-33-36-42-48-60(6)10-4)84-66(71)51-45-39-31-25-23-20-18-16-14-12-8-2/h59-63,68H,7-58H2,1-6H3,(H,73,74)(H,75,76)/t59?,60?,61-,62-,63-/m1/s1. The van der Waals surface area contributed by atoms with Crippen LogP contribution in [-0.4, -0.2) is 96.7 Å². The molecule has 0 spiro atoms. The van der Waals surface area contributed by atoms with Gasteiger partial charge in [0.15, 0.2) is 12.2 Å². The van der Waals surface area contributed by atoms with Crippen molar-refractivity contribution in [2.75, 3.05) is 39.6 Å². The maximum absolute atomic E-state index is 13.0. The summed E-state index contributed by atoms with van der Waals surface area (Å²) in [7, 11) is -9.89. The molecule has 86 heavy (non-hydrogen) atoms. The van der Waals surface area contributed by atoms with Crippen molar-refractivity contribution in [1.29, 1.82) is 0 Å². The second-order valence-corrected chi connectivity index (χ2v) is 27.6. The van der Waals surface area contributed by atoms with Gasteiger partial charge in [-0.2, -0.15) is 0 Å². The van der Waals surface area contributed by atoms with Gasteiger partial charge in [-0.1, -0.05) is 286 Å². The zero-order valence-corrected chi connectivity index (χ0v) is 57.4. The molecule has 7 atom stereocenters. The molecule has 17 nitrogen and oxygen atoms in total. The van der Waals surface area contributed by atoms with E-state index in [1.54, 1.807) is 0 Å². The summed E-state index contributed by atoms with van der Waals surface area (Å²) in [5, 5.41) is 10.6. The number of carbonyl (C=O) groups excluding carboxylic acids is 4. The zero-order valence-electron chi connectivity index (χ0n) is 55.6. The Kier molecular flexibility index (Phi) is 58.0. The zero-order chi connectivity index (χ0) is 63.6. The van der Waals surface area contributed by atoms with Crippen molar-refractivity contribution in [3.8, 4) is 0 Å². The van der Waals surface area contributed by atoms with Gasteiger partial charge >= 0.3 is 39.5 Å². The van der Waals surface area contributed by atoms with E-state index in [-0.39, 0.29) is 25.7 Å². The monoisotopic (exact) mass is 1270 g/mol. The Morgan fingerprint density at radius 1 is 0.326 bits per heavy atom. The Morgan fingerprint density at radius 2 is 0.558 bits per heavy atom. The number of aliphatic hydroxyl groups is 1. The maximum Gasteiger partial charge on any atom is 0.472 e. The van der Waals surface area contributed by atoms with E-state index in [1.165, 1.54) is 148 Å². The van der Waals surface area contributed by atoms with Crippen LogP contribution in [0.25, 0.3) is 0 Å². The predicted octanol–water partition coefficient (Wildman–Crippen LogP) is 18.8. The molecular formula is C67H130O17P2. The molecule has 0 amide bonds. The van der Waals surface area contributed by atoms with Crippen LogP contribution in [0.1, 0.15) is 337 Å². The second-order valence-electron chi connectivity index (χ2n) is 24.7. The highest BCUT2D eigenvalue weighted by Gasteiger charge is 2.30. The van der Waals surface area contributed by atoms with E-state index in [0.29, 0.717) is 25.7 Å². The van der Waals surface area contributed by atoms with Crippen LogP contribution in [-0.2, 0) is 65.4 Å². The Hall–Kier alpha value is -1.94. The average Bonchev–Trinajstić information content (AvgIpc) is 3.56. The third kappa shape index (κ3) is 58.4. The van der Waals surface area contributed by atoms with Crippen molar-refractivity contribution in [3.63, 3.8) is 0 Å². The molecule has 0 saturated carbocycles. The number of unbranched alkanes of at least 4 members (excludes halogenated alkanes) is 34. The summed E-state index contributed by atoms with van der Waals surface area (Å²) < 4.78 is 68.1. The first-order valence-corrected chi connectivity index (χ1v) is 38.1. The highest BCUT2D eigenvalue weighted by molar-refractivity contribution is 7.47. The molecular weight excluding hydrogens is 1140 g/mol. The fourth-order valence-electron chi connectivity index (χ4n) is 10.00. The van der Waals surface area contributed by atoms with E-state index in [2.05, 4.69) is 41.5 Å². The van der Waals surface area contributed by atoms with Crippen LogP contribution in [0.2, 0.25) is 0 Å². The smallest absolute Gasteiger partial charge is 0.462 e. The lowest BCUT2D eigenvalue weighted by Crippen LogP contribution is -2.30. The van der Waals surface area contributed by atoms with Gasteiger partial charge in [0.2, 0.25) is 0 Å². The topological polar surface area (TPSA) is 237 Å². The van der Waals surface area contributed by atoms with E-state index in [1.807, 2.05) is 0 Å². The van der Waals surface area contributed by atoms with Crippen LogP contribution < -0.4 is 0 Å². The first-order valence-electron chi connectivity index (χ1n) is 35.1. The molecule has 0 fully saturated rings. The number of hydrogen-bond acceptors (Lipinski definition) is 15. The molecule has 0 aliphatic heterocycles. The molecule has 0 bridgehead atoms. The number of aliphatic hydroxyl groups excluding tert-OH is 1. The van der Waals surface area contributed by atoms with Gasteiger partial charge in [0.1, 0.15) is 19.3 Å². The fraction of sp³-hybridized carbons (Fsp3) is 0.940. The predicted molar refractivity (Wildman–Crippen MR) is 345 cm³/mol. The first kappa shape index (κ1) is 84.1. The first-order chi connectivity index (χ1) is 41.4. The van der Waals surface area contributed by atoms with Gasteiger partial charge in [0, 0.05) is 25.7 Å². The summed E-state index contributed by atoms with van der Waals surface area (Å²) in [5.74, 6) is -0.619. The quantitative estimate of drug-likeness (QED) is 0.0222. The molecule has 0 aromatic heterocycles. The molecule has 0 aromatic carbocycles. The lowest BCUT2D eigenvalue weighted by Gasteiger charge is -2.21. The summed E-state index contributed by atoms with van der Waals surface area (Å²) in [6, 6.07) is 0. The lowest BCUT2D eigenvalue weighted by atomic mass is 9.99. The third-order valence-electron chi connectivity index (χ3n) is 16.2. The van der Waals surface area contributed by atoms with Crippen LogP contribution in [0, 0.1) is 11.8 Å². The highest BCUT2D eigenvalue weighted by Crippen LogP contribution is 2.45. The van der Waals surface area contributed by atoms with Gasteiger partial charge < -0.3 is 33.8 Å². The van der Waals surface area contributed by atoms with Gasteiger partial charge in [-0.3, -0.25) is 37.3 Å². The summed E-state index contributed by atoms with van der Waals surface area (Å²) in [6.07, 6.45) is 42.9. The van der Waals surface area contributed by atoms with E-state index in [9.17, 15) is 43.2 Å². The summed E-state index contributed by atoms with van der Waals surface area (Å²) in [4.78, 5) is 72.4. The average molecular weight is 1270 g/mol. The van der Waals surface area contributed by atoms with E-state index in [4.69, 9.17) is 37.0 Å². The van der Waals surface area contributed by atoms with Crippen LogP contribution in [0.3, 0.4) is 0 Å². The van der Waals surface area contributed by atoms with Gasteiger partial charge in [-0.25, -0.2) is 9.13 Å². The number of phosphoric ester groups is 2. The molecule has 0 aliphatic carbocycles. The lowest BCUT2D eigenvalue weighted by molar-refractivity contribution is -0.161. The normalized spacial score (nSPS) is 14.8. The Labute approximate surface area is 524 Å². The van der Waals surface area contributed by atoms with Crippen molar-refractivity contribution in [2.45, 2.75) is 355 Å². The van der Waals surface area contributed by atoms with E-state index >= 15 is 0 Å². The molecule has 510 valence electrons. The minimum Gasteiger partial charge on any atom is -0.462 e. The van der Waals surface area contributed by atoms with Crippen LogP contribution in [0.4, 0.5) is 0 Å². The van der Waals surface area contributed by atoms with E-state index < -0.39 is 97.5 Å². The number of carbonyl (C=O) groups is 4. The number of rotatable bonds is 66. The SMILES string of the molecule is CCCCCCCCCCCCCCCC(=O)O[C@H](COC(=O)CCCCCCCCCCC(C)CC)COP(=O)(O)OC[C@@H](O)COP(=O)(O)OC[C@@H](COC(=O)CCCCCCCCC(C)CC)OC(=O)CCCCCCCCCCCCC. The molecule has 3 N–H and O–H groups in total. The Morgan fingerprint density at radius 3 is 0.826 bits per heavy atom. The third-order valence-corrected chi connectivity index (χ3v) is 18.1. The van der Waals surface area contributed by atoms with Crippen molar-refractivity contribution < 1.29 is 80.2 Å². The molecule has 0 heterocycles. The molecule has 19 heteroatoms. The van der Waals surface area contributed by atoms with Gasteiger partial charge in [0.05, 0.1) is 26.4 Å². The highest BCUT2D eigenvalue weighted by atomic mass is 31.2. The fourth-order valence-corrected chi connectivity index (χ4v) is 11.6. The molecule has 0 radical (unpaired) electrons. The minimum absolute atomic E-state index is 0.106. The Bertz CT molecular complexity index is 1690. The van der Waals surface area contributed by atoms with Gasteiger partial charge in [0.25, 0.3) is 0 Å². The van der Waals surface area contributed by atoms with Crippen molar-refractivity contribution in [1.82, 2.24) is 0 Å². The number of esters is 4.